The van der Waals surface area contributed by atoms with Crippen LogP contribution in [0.15, 0.2) is 28.7 Å². The topological polar surface area (TPSA) is 59.3 Å². The van der Waals surface area contributed by atoms with Crippen LogP contribution in [0.1, 0.15) is 25.1 Å². The molecule has 0 spiro atoms. The molecule has 0 saturated carbocycles. The van der Waals surface area contributed by atoms with E-state index in [0.717, 1.165) is 18.4 Å². The van der Waals surface area contributed by atoms with Crippen LogP contribution in [0.3, 0.4) is 0 Å². The molecule has 0 radical (unpaired) electrons. The lowest BCUT2D eigenvalue weighted by atomic mass is 10.2. The third-order valence-electron chi connectivity index (χ3n) is 2.95. The van der Waals surface area contributed by atoms with Gasteiger partial charge >= 0.3 is 0 Å². The minimum Gasteiger partial charge on any atom is -0.459 e. The van der Waals surface area contributed by atoms with Gasteiger partial charge in [0.1, 0.15) is 21.2 Å². The third-order valence-corrected chi connectivity index (χ3v) is 4.12. The molecule has 4 nitrogen and oxygen atoms in total. The first-order valence-electron chi connectivity index (χ1n) is 6.49. The largest absolute Gasteiger partial charge is 0.459 e. The van der Waals surface area contributed by atoms with Crippen molar-refractivity contribution in [3.05, 3.63) is 35.0 Å². The Balaban J connectivity index is 2.34. The van der Waals surface area contributed by atoms with E-state index < -0.39 is 9.84 Å². The van der Waals surface area contributed by atoms with Gasteiger partial charge in [-0.2, -0.15) is 0 Å². The summed E-state index contributed by atoms with van der Waals surface area (Å²) in [6.45, 7) is 2.76. The van der Waals surface area contributed by atoms with Gasteiger partial charge in [-0.25, -0.2) is 8.42 Å². The smallest absolute Gasteiger partial charge is 0.149 e. The van der Waals surface area contributed by atoms with Crippen molar-refractivity contribution >= 4 is 32.4 Å². The van der Waals surface area contributed by atoms with Crippen LogP contribution in [0.4, 0.5) is 0 Å². The fourth-order valence-corrected chi connectivity index (χ4v) is 3.14. The molecule has 0 fully saturated rings. The van der Waals surface area contributed by atoms with Crippen LogP contribution in [-0.4, -0.2) is 27.0 Å². The molecule has 110 valence electrons. The highest BCUT2D eigenvalue weighted by atomic mass is 35.5. The molecule has 0 amide bonds. The number of sulfone groups is 1. The van der Waals surface area contributed by atoms with Gasteiger partial charge in [-0.1, -0.05) is 18.5 Å². The van der Waals surface area contributed by atoms with E-state index >= 15 is 0 Å². The Morgan fingerprint density at radius 3 is 2.75 bits per heavy atom. The highest BCUT2D eigenvalue weighted by molar-refractivity contribution is 7.90. The van der Waals surface area contributed by atoms with E-state index in [2.05, 4.69) is 5.32 Å². The number of furan rings is 1. The Bertz CT molecular complexity index is 694. The van der Waals surface area contributed by atoms with E-state index in [1.165, 1.54) is 6.26 Å². The predicted molar refractivity (Wildman–Crippen MR) is 82.0 cm³/mol. The van der Waals surface area contributed by atoms with Gasteiger partial charge in [0.25, 0.3) is 0 Å². The van der Waals surface area contributed by atoms with Gasteiger partial charge in [0.2, 0.25) is 0 Å². The van der Waals surface area contributed by atoms with E-state index in [1.54, 1.807) is 18.2 Å². The highest BCUT2D eigenvalue weighted by Crippen LogP contribution is 2.27. The maximum Gasteiger partial charge on any atom is 0.149 e. The molecule has 1 heterocycles. The number of fused-ring (bicyclic) bond motifs is 1. The number of nitrogens with one attached hydrogen (secondary N) is 1. The molecular weight excluding hydrogens is 298 g/mol. The van der Waals surface area contributed by atoms with Crippen LogP contribution >= 0.6 is 11.6 Å². The lowest BCUT2D eigenvalue weighted by Crippen LogP contribution is -2.28. The molecule has 0 bridgehead atoms. The Hall–Kier alpha value is -1.04. The summed E-state index contributed by atoms with van der Waals surface area (Å²) in [5.41, 5.74) is 0.709. The fourth-order valence-electron chi connectivity index (χ4n) is 2.07. The summed E-state index contributed by atoms with van der Waals surface area (Å²) in [7, 11) is -3.10. The zero-order valence-electron chi connectivity index (χ0n) is 11.5. The van der Waals surface area contributed by atoms with Gasteiger partial charge < -0.3 is 9.73 Å². The van der Waals surface area contributed by atoms with Crippen molar-refractivity contribution < 1.29 is 12.8 Å². The van der Waals surface area contributed by atoms with Gasteiger partial charge in [0.05, 0.1) is 11.8 Å². The van der Waals surface area contributed by atoms with E-state index in [1.807, 2.05) is 13.0 Å². The van der Waals surface area contributed by atoms with Crippen molar-refractivity contribution in [3.8, 4) is 0 Å². The van der Waals surface area contributed by atoms with Crippen molar-refractivity contribution in [2.75, 3.05) is 18.6 Å². The minimum atomic E-state index is -3.10. The van der Waals surface area contributed by atoms with Gasteiger partial charge in [0.15, 0.2) is 0 Å². The van der Waals surface area contributed by atoms with Crippen molar-refractivity contribution in [1.29, 1.82) is 0 Å². The lowest BCUT2D eigenvalue weighted by molar-refractivity contribution is 0.450. The molecule has 2 rings (SSSR count). The first-order chi connectivity index (χ1) is 9.39. The average molecular weight is 316 g/mol. The molecular formula is C14H18ClNO3S. The Kier molecular flexibility index (Phi) is 4.73. The third kappa shape index (κ3) is 3.98. The minimum absolute atomic E-state index is 0.0144. The normalized spacial score (nSPS) is 13.8. The first kappa shape index (κ1) is 15.4. The van der Waals surface area contributed by atoms with Crippen LogP contribution < -0.4 is 5.32 Å². The summed E-state index contributed by atoms with van der Waals surface area (Å²) in [5.74, 6) is 0.640. The standard InChI is InChI=1S/C14H18ClNO3S/c1-3-6-16-12(9-20(2,17)18)14-8-10-7-11(15)4-5-13(10)19-14/h4-5,7-8,12,16H,3,6,9H2,1-2H3. The molecule has 1 aromatic heterocycles. The van der Waals surface area contributed by atoms with Gasteiger partial charge in [0, 0.05) is 16.7 Å². The molecule has 6 heteroatoms. The molecule has 1 aromatic carbocycles. The van der Waals surface area contributed by atoms with E-state index in [-0.39, 0.29) is 11.8 Å². The number of rotatable bonds is 6. The highest BCUT2D eigenvalue weighted by Gasteiger charge is 2.20. The Labute approximate surface area is 124 Å². The molecule has 1 N–H and O–H groups in total. The second-order valence-electron chi connectivity index (χ2n) is 4.93. The molecule has 0 aliphatic carbocycles. The van der Waals surface area contributed by atoms with Crippen LogP contribution in [0.25, 0.3) is 11.0 Å². The van der Waals surface area contributed by atoms with E-state index in [4.69, 9.17) is 16.0 Å². The number of hydrogen-bond acceptors (Lipinski definition) is 4. The number of halogens is 1. The zero-order valence-corrected chi connectivity index (χ0v) is 13.1. The van der Waals surface area contributed by atoms with Crippen molar-refractivity contribution in [3.63, 3.8) is 0 Å². The van der Waals surface area contributed by atoms with Gasteiger partial charge in [-0.05, 0) is 37.2 Å². The van der Waals surface area contributed by atoms with Crippen LogP contribution in [0, 0.1) is 0 Å². The van der Waals surface area contributed by atoms with Crippen molar-refractivity contribution in [2.24, 2.45) is 0 Å². The SMILES string of the molecule is CCCNC(CS(C)(=O)=O)c1cc2cc(Cl)ccc2o1. The molecule has 20 heavy (non-hydrogen) atoms. The van der Waals surface area contributed by atoms with Gasteiger partial charge in [-0.15, -0.1) is 0 Å². The van der Waals surface area contributed by atoms with Crippen LogP contribution in [0.2, 0.25) is 5.02 Å². The maximum atomic E-state index is 11.5. The maximum absolute atomic E-state index is 11.5. The lowest BCUT2D eigenvalue weighted by Gasteiger charge is -2.14. The Morgan fingerprint density at radius 1 is 1.35 bits per heavy atom. The van der Waals surface area contributed by atoms with Gasteiger partial charge in [-0.3, -0.25) is 0 Å². The monoisotopic (exact) mass is 315 g/mol. The summed E-state index contributed by atoms with van der Waals surface area (Å²) in [4.78, 5) is 0. The molecule has 0 aliphatic heterocycles. The van der Waals surface area contributed by atoms with Crippen LogP contribution in [-0.2, 0) is 9.84 Å². The second-order valence-corrected chi connectivity index (χ2v) is 7.55. The molecule has 1 atom stereocenters. The summed E-state index contributed by atoms with van der Waals surface area (Å²) < 4.78 is 28.8. The second kappa shape index (κ2) is 6.16. The fraction of sp³-hybridized carbons (Fsp3) is 0.429. The summed E-state index contributed by atoms with van der Waals surface area (Å²) >= 11 is 5.94. The van der Waals surface area contributed by atoms with E-state index in [9.17, 15) is 8.42 Å². The van der Waals surface area contributed by atoms with E-state index in [0.29, 0.717) is 16.4 Å². The van der Waals surface area contributed by atoms with Crippen molar-refractivity contribution in [2.45, 2.75) is 19.4 Å². The molecule has 1 unspecified atom stereocenters. The Morgan fingerprint density at radius 2 is 2.10 bits per heavy atom. The van der Waals surface area contributed by atoms with Crippen LogP contribution in [0.5, 0.6) is 0 Å². The molecule has 0 aliphatic rings. The number of hydrogen-bond donors (Lipinski definition) is 1. The van der Waals surface area contributed by atoms with Crippen molar-refractivity contribution in [1.82, 2.24) is 5.32 Å². The average Bonchev–Trinajstić information content (AvgIpc) is 2.75. The molecule has 2 aromatic rings. The summed E-state index contributed by atoms with van der Waals surface area (Å²) in [5, 5.41) is 4.72. The summed E-state index contributed by atoms with van der Waals surface area (Å²) in [6.07, 6.45) is 2.15. The first-order valence-corrected chi connectivity index (χ1v) is 8.93. The molecule has 0 saturated heterocycles. The zero-order chi connectivity index (χ0) is 14.8. The summed E-state index contributed by atoms with van der Waals surface area (Å²) in [6, 6.07) is 6.86. The predicted octanol–water partition coefficient (Wildman–Crippen LogP) is 3.17. The number of benzene rings is 1. The quantitative estimate of drug-likeness (QED) is 0.889.